The quantitative estimate of drug-likeness (QED) is 0.391. The number of hydrazone groups is 1. The number of aromatic nitrogens is 2. The predicted octanol–water partition coefficient (Wildman–Crippen LogP) is 5.38. The fourth-order valence-electron chi connectivity index (χ4n) is 4.28. The second kappa shape index (κ2) is 7.84. The highest BCUT2D eigenvalue weighted by molar-refractivity contribution is 6.03. The number of amides is 1. The molecule has 0 aliphatic carbocycles. The number of anilines is 1. The average Bonchev–Trinajstić information content (AvgIpc) is 2.88. The maximum Gasteiger partial charge on any atom is 0.278 e. The molecule has 0 saturated carbocycles. The lowest BCUT2D eigenvalue weighted by Crippen LogP contribution is -2.39. The van der Waals surface area contributed by atoms with E-state index in [0.717, 1.165) is 38.6 Å². The Morgan fingerprint density at radius 3 is 2.33 bits per heavy atom. The van der Waals surface area contributed by atoms with Gasteiger partial charge in [-0.2, -0.15) is 5.10 Å². The van der Waals surface area contributed by atoms with Crippen LogP contribution in [0.5, 0.6) is 0 Å². The van der Waals surface area contributed by atoms with Crippen LogP contribution in [0.25, 0.3) is 21.8 Å². The lowest BCUT2D eigenvalue weighted by atomic mass is 10.0. The van der Waals surface area contributed by atoms with Crippen molar-refractivity contribution in [3.63, 3.8) is 0 Å². The summed E-state index contributed by atoms with van der Waals surface area (Å²) in [4.78, 5) is 22.6. The van der Waals surface area contributed by atoms with E-state index in [-0.39, 0.29) is 5.91 Å². The first-order valence-corrected chi connectivity index (χ1v) is 10.7. The minimum absolute atomic E-state index is 0.174. The van der Waals surface area contributed by atoms with Gasteiger partial charge in [-0.1, -0.05) is 60.7 Å². The van der Waals surface area contributed by atoms with Crippen LogP contribution in [0, 0.1) is 0 Å². The lowest BCUT2D eigenvalue weighted by molar-refractivity contribution is 0.0692. The first-order chi connectivity index (χ1) is 16.3. The smallest absolute Gasteiger partial charge is 0.278 e. The Morgan fingerprint density at radius 1 is 0.788 bits per heavy atom. The molecule has 0 radical (unpaired) electrons. The summed E-state index contributed by atoms with van der Waals surface area (Å²) < 4.78 is 0. The molecule has 5 aromatic rings. The molecule has 2 aromatic heterocycles. The van der Waals surface area contributed by atoms with Gasteiger partial charge in [-0.25, -0.2) is 5.01 Å². The van der Waals surface area contributed by atoms with Gasteiger partial charge in [0.15, 0.2) is 6.17 Å². The van der Waals surface area contributed by atoms with Gasteiger partial charge in [0.05, 0.1) is 22.8 Å². The highest BCUT2D eigenvalue weighted by Crippen LogP contribution is 2.35. The first-order valence-electron chi connectivity index (χ1n) is 10.7. The molecular formula is C27H19N5O. The monoisotopic (exact) mass is 429 g/mol. The van der Waals surface area contributed by atoms with Gasteiger partial charge in [0.2, 0.25) is 0 Å². The molecule has 0 unspecified atom stereocenters. The van der Waals surface area contributed by atoms with Crippen LogP contribution < -0.4 is 5.32 Å². The normalized spacial score (nSPS) is 15.7. The van der Waals surface area contributed by atoms with E-state index in [2.05, 4.69) is 20.4 Å². The number of para-hydroxylation sites is 3. The number of carbonyl (C=O) groups is 1. The standard InChI is InChI=1S/C27H19N5O/c33-27-21-12-1-2-14-23(21)31-26(22-13-4-8-19-11-6-16-29-25(19)22)32(27)30-17-20-9-3-7-18-10-5-15-28-24(18)20/h1-17,26,31H/t26-/m0/s1. The van der Waals surface area contributed by atoms with E-state index in [4.69, 9.17) is 0 Å². The van der Waals surface area contributed by atoms with E-state index in [1.54, 1.807) is 18.6 Å². The number of rotatable bonds is 3. The van der Waals surface area contributed by atoms with Crippen LogP contribution in [0.2, 0.25) is 0 Å². The van der Waals surface area contributed by atoms with Crippen molar-refractivity contribution < 1.29 is 4.79 Å². The molecule has 3 aromatic carbocycles. The average molecular weight is 429 g/mol. The lowest BCUT2D eigenvalue weighted by Gasteiger charge is -2.34. The van der Waals surface area contributed by atoms with E-state index < -0.39 is 6.17 Å². The fourth-order valence-corrected chi connectivity index (χ4v) is 4.28. The van der Waals surface area contributed by atoms with Gasteiger partial charge in [-0.3, -0.25) is 14.8 Å². The molecule has 0 saturated heterocycles. The zero-order chi connectivity index (χ0) is 22.2. The largest absolute Gasteiger partial charge is 0.359 e. The maximum atomic E-state index is 13.6. The molecule has 1 amide bonds. The summed E-state index contributed by atoms with van der Waals surface area (Å²) in [5.74, 6) is -0.174. The van der Waals surface area contributed by atoms with Crippen LogP contribution in [-0.2, 0) is 0 Å². The molecule has 3 heterocycles. The van der Waals surface area contributed by atoms with Gasteiger partial charge in [-0.15, -0.1) is 0 Å². The van der Waals surface area contributed by atoms with Crippen molar-refractivity contribution in [2.24, 2.45) is 5.10 Å². The summed E-state index contributed by atoms with van der Waals surface area (Å²) in [5.41, 5.74) is 4.74. The first kappa shape index (κ1) is 19.1. The Morgan fingerprint density at radius 2 is 1.48 bits per heavy atom. The number of pyridine rings is 2. The van der Waals surface area contributed by atoms with Gasteiger partial charge in [-0.05, 0) is 24.3 Å². The summed E-state index contributed by atoms with van der Waals surface area (Å²) in [6.07, 6.45) is 4.72. The Bertz CT molecular complexity index is 1530. The molecule has 0 fully saturated rings. The number of fused-ring (bicyclic) bond motifs is 3. The number of hydrogen-bond acceptors (Lipinski definition) is 5. The molecule has 0 spiro atoms. The molecule has 158 valence electrons. The second-order valence-electron chi connectivity index (χ2n) is 7.83. The van der Waals surface area contributed by atoms with E-state index in [0.29, 0.717) is 5.56 Å². The third-order valence-electron chi connectivity index (χ3n) is 5.85. The van der Waals surface area contributed by atoms with E-state index in [1.807, 2.05) is 84.9 Å². The van der Waals surface area contributed by atoms with Crippen LogP contribution in [0.15, 0.2) is 102 Å². The SMILES string of the molecule is O=C1c2ccccc2N[C@H](c2cccc3cccnc23)N1N=Cc1cccc2cccnc12. The molecule has 1 atom stereocenters. The Kier molecular flexibility index (Phi) is 4.54. The third-order valence-corrected chi connectivity index (χ3v) is 5.85. The number of benzene rings is 3. The highest BCUT2D eigenvalue weighted by atomic mass is 16.2. The zero-order valence-corrected chi connectivity index (χ0v) is 17.6. The number of carbonyl (C=O) groups excluding carboxylic acids is 1. The maximum absolute atomic E-state index is 13.6. The van der Waals surface area contributed by atoms with Crippen molar-refractivity contribution in [3.05, 3.63) is 114 Å². The van der Waals surface area contributed by atoms with E-state index >= 15 is 0 Å². The third kappa shape index (κ3) is 3.29. The van der Waals surface area contributed by atoms with Crippen LogP contribution in [-0.4, -0.2) is 27.1 Å². The van der Waals surface area contributed by atoms with Crippen LogP contribution >= 0.6 is 0 Å². The van der Waals surface area contributed by atoms with Crippen molar-refractivity contribution in [1.29, 1.82) is 0 Å². The summed E-state index contributed by atoms with van der Waals surface area (Å²) >= 11 is 0. The van der Waals surface area contributed by atoms with Gasteiger partial charge in [0, 0.05) is 40.0 Å². The van der Waals surface area contributed by atoms with Crippen LogP contribution in [0.1, 0.15) is 27.7 Å². The zero-order valence-electron chi connectivity index (χ0n) is 17.6. The summed E-state index contributed by atoms with van der Waals surface area (Å²) in [6.45, 7) is 0. The summed E-state index contributed by atoms with van der Waals surface area (Å²) in [6, 6.07) is 27.2. The second-order valence-corrected chi connectivity index (χ2v) is 7.83. The highest BCUT2D eigenvalue weighted by Gasteiger charge is 2.34. The molecule has 1 aliphatic rings. The summed E-state index contributed by atoms with van der Waals surface area (Å²) in [7, 11) is 0. The van der Waals surface area contributed by atoms with E-state index in [1.165, 1.54) is 5.01 Å². The predicted molar refractivity (Wildman–Crippen MR) is 130 cm³/mol. The van der Waals surface area contributed by atoms with Crippen LogP contribution in [0.4, 0.5) is 5.69 Å². The molecule has 6 nitrogen and oxygen atoms in total. The van der Waals surface area contributed by atoms with Crippen LogP contribution in [0.3, 0.4) is 0 Å². The van der Waals surface area contributed by atoms with Crippen molar-refractivity contribution in [1.82, 2.24) is 15.0 Å². The molecule has 1 N–H and O–H groups in total. The van der Waals surface area contributed by atoms with Crippen molar-refractivity contribution >= 4 is 39.6 Å². The minimum atomic E-state index is -0.509. The number of hydrogen-bond donors (Lipinski definition) is 1. The number of nitrogens with zero attached hydrogens (tertiary/aromatic N) is 4. The fraction of sp³-hybridized carbons (Fsp3) is 0.0370. The van der Waals surface area contributed by atoms with Gasteiger partial charge >= 0.3 is 0 Å². The van der Waals surface area contributed by atoms with Gasteiger partial charge in [0.25, 0.3) is 5.91 Å². The van der Waals surface area contributed by atoms with E-state index in [9.17, 15) is 4.79 Å². The van der Waals surface area contributed by atoms with Gasteiger partial charge in [0.1, 0.15) is 0 Å². The van der Waals surface area contributed by atoms with Crippen molar-refractivity contribution in [2.75, 3.05) is 5.32 Å². The molecular weight excluding hydrogens is 410 g/mol. The topological polar surface area (TPSA) is 70.5 Å². The Hall–Kier alpha value is -4.58. The summed E-state index contributed by atoms with van der Waals surface area (Å²) in [5, 5.41) is 11.7. The Balaban J connectivity index is 1.50. The molecule has 6 heteroatoms. The minimum Gasteiger partial charge on any atom is -0.359 e. The van der Waals surface area contributed by atoms with Crippen molar-refractivity contribution in [3.8, 4) is 0 Å². The Labute approximate surface area is 190 Å². The molecule has 0 bridgehead atoms. The molecule has 33 heavy (non-hydrogen) atoms. The van der Waals surface area contributed by atoms with Gasteiger partial charge < -0.3 is 5.32 Å². The number of nitrogens with one attached hydrogen (secondary N) is 1. The molecule has 1 aliphatic heterocycles. The molecule has 6 rings (SSSR count). The van der Waals surface area contributed by atoms with Crippen molar-refractivity contribution in [2.45, 2.75) is 6.17 Å².